The van der Waals surface area contributed by atoms with Gasteiger partial charge in [-0.1, -0.05) is 118 Å². The van der Waals surface area contributed by atoms with Crippen LogP contribution in [0.15, 0.2) is 185 Å². The van der Waals surface area contributed by atoms with Crippen molar-refractivity contribution in [2.45, 2.75) is 52.0 Å². The Bertz CT molecular complexity index is 4250. The average molecular weight is 915 g/mol. The van der Waals surface area contributed by atoms with E-state index in [0.717, 1.165) is 122 Å². The third-order valence-electron chi connectivity index (χ3n) is 15.0. The van der Waals surface area contributed by atoms with Crippen molar-refractivity contribution in [1.82, 2.24) is 4.57 Å². The van der Waals surface area contributed by atoms with Crippen molar-refractivity contribution in [3.05, 3.63) is 204 Å². The number of halogens is 1. The first-order valence-corrected chi connectivity index (χ1v) is 27.3. The third kappa shape index (κ3) is 5.45. The molecule has 5 nitrogen and oxygen atoms in total. The predicted octanol–water partition coefficient (Wildman–Crippen LogP) is 14.7. The molecule has 1 atom stereocenters. The van der Waals surface area contributed by atoms with Crippen LogP contribution in [0.25, 0.3) is 105 Å². The van der Waals surface area contributed by atoms with Gasteiger partial charge >= 0.3 is 11.5 Å². The maximum Gasteiger partial charge on any atom is 0.365 e. The second kappa shape index (κ2) is 14.1. The topological polar surface area (TPSA) is 39.0 Å². The van der Waals surface area contributed by atoms with Crippen LogP contribution >= 0.6 is 0 Å². The van der Waals surface area contributed by atoms with E-state index in [1.807, 2.05) is 19.9 Å². The van der Waals surface area contributed by atoms with E-state index in [9.17, 15) is 1.37 Å². The number of imidazole rings is 1. The number of aromatic nitrogens is 3. The summed E-state index contributed by atoms with van der Waals surface area (Å²) in [6, 6.07) is 59.1. The zero-order valence-corrected chi connectivity index (χ0v) is 40.3. The number of pyridine rings is 1. The molecule has 0 saturated carbocycles. The normalized spacial score (nSPS) is 15.4. The fraction of sp³-hybridized carbons (Fsp3) is 0.129. The minimum atomic E-state index is -2.12. The Morgan fingerprint density at radius 3 is 2.12 bits per heavy atom. The van der Waals surface area contributed by atoms with Crippen LogP contribution in [0.2, 0.25) is 19.6 Å². The SMILES string of the molecule is [2H]C(C)(C)c1cc2[n+](cc1[Si](C)(C)C)C1(c3cc(F)ccc3-2)c2ccc3c(oc4cc(-c5ccc6c(c5)oc5ccc(C)cc56)ccc43)c2-c2n(-c3ccccc3-c3ccccc3)c3ccccc3[n+]21. The first-order chi connectivity index (χ1) is 33.8. The van der Waals surface area contributed by atoms with Crippen molar-refractivity contribution in [3.8, 4) is 50.6 Å². The number of fused-ring (bicyclic) bond motifs is 19. The third-order valence-corrected chi connectivity index (χ3v) is 17.0. The van der Waals surface area contributed by atoms with E-state index in [1.165, 1.54) is 10.8 Å². The van der Waals surface area contributed by atoms with Gasteiger partial charge in [-0.15, -0.1) is 9.13 Å². The average Bonchev–Trinajstić information content (AvgIpc) is 4.14. The molecule has 0 radical (unpaired) electrons. The van der Waals surface area contributed by atoms with Crippen LogP contribution in [0.3, 0.4) is 0 Å². The van der Waals surface area contributed by atoms with Gasteiger partial charge in [0.1, 0.15) is 33.8 Å². The Morgan fingerprint density at radius 2 is 1.33 bits per heavy atom. The number of rotatable bonds is 5. The van der Waals surface area contributed by atoms with Gasteiger partial charge in [-0.2, -0.15) is 4.57 Å². The molecule has 7 heteroatoms. The zero-order chi connectivity index (χ0) is 47.6. The van der Waals surface area contributed by atoms with Crippen molar-refractivity contribution >= 4 is 68.2 Å². The summed E-state index contributed by atoms with van der Waals surface area (Å²) in [6.07, 6.45) is 2.33. The van der Waals surface area contributed by atoms with Crippen LogP contribution in [0.1, 0.15) is 43.4 Å². The molecule has 0 saturated heterocycles. The molecule has 14 rings (SSSR count). The lowest BCUT2D eigenvalue weighted by molar-refractivity contribution is -0.944. The molecule has 2 aliphatic rings. The summed E-state index contributed by atoms with van der Waals surface area (Å²) in [5, 5.41) is 5.42. The zero-order valence-electron chi connectivity index (χ0n) is 40.3. The lowest BCUT2D eigenvalue weighted by Gasteiger charge is -2.25. The van der Waals surface area contributed by atoms with Crippen LogP contribution in [-0.2, 0) is 5.66 Å². The maximum absolute atomic E-state index is 16.4. The summed E-state index contributed by atoms with van der Waals surface area (Å²) in [4.78, 5) is 0. The van der Waals surface area contributed by atoms with Gasteiger partial charge in [-0.05, 0) is 120 Å². The second-order valence-corrected chi connectivity index (χ2v) is 25.4. The first-order valence-electron chi connectivity index (χ1n) is 24.3. The molecular formula is C62H48FN3O2Si+2. The fourth-order valence-corrected chi connectivity index (χ4v) is 13.6. The van der Waals surface area contributed by atoms with Crippen molar-refractivity contribution < 1.29 is 23.7 Å². The Kier molecular flexibility index (Phi) is 8.00. The standard InChI is InChI=1S/C62H48FN3O2Si/c1-36(2)47-34-54-46-26-23-41(63)33-50(46)62(64(54)35-58(47)69(4,5)6)49-28-27-45-43-24-21-40(39-22-25-44-48-30-37(3)20-29-55(48)67-56(44)31-39)32-57(43)68-60(45)59(49)61-65(52-18-12-13-19-53(52)66(61)62)51-17-11-10-16-42(51)38-14-8-7-9-15-38/h7-36H,1-6H3/q+2/i36D. The molecule has 0 amide bonds. The molecule has 6 heterocycles. The molecule has 332 valence electrons. The lowest BCUT2D eigenvalue weighted by Crippen LogP contribution is -2.72. The van der Waals surface area contributed by atoms with Gasteiger partial charge in [-0.25, -0.2) is 4.39 Å². The summed E-state index contributed by atoms with van der Waals surface area (Å²) in [7, 11) is -2.12. The molecule has 1 unspecified atom stereocenters. The van der Waals surface area contributed by atoms with E-state index in [2.05, 4.69) is 198 Å². The van der Waals surface area contributed by atoms with Gasteiger partial charge in [0, 0.05) is 39.7 Å². The van der Waals surface area contributed by atoms with Crippen LogP contribution in [0.5, 0.6) is 0 Å². The number of benzene rings is 8. The summed E-state index contributed by atoms with van der Waals surface area (Å²) in [5.41, 5.74) is 16.3. The van der Waals surface area contributed by atoms with Gasteiger partial charge in [0.15, 0.2) is 22.8 Å². The van der Waals surface area contributed by atoms with E-state index in [4.69, 9.17) is 8.83 Å². The highest BCUT2D eigenvalue weighted by atomic mass is 28.3. The van der Waals surface area contributed by atoms with Crippen LogP contribution < -0.4 is 14.3 Å². The fourth-order valence-electron chi connectivity index (χ4n) is 11.9. The van der Waals surface area contributed by atoms with Gasteiger partial charge in [0.05, 0.1) is 24.8 Å². The number of nitrogens with zero attached hydrogens (tertiary/aromatic N) is 3. The molecule has 8 aromatic carbocycles. The summed E-state index contributed by atoms with van der Waals surface area (Å²) >= 11 is 0. The van der Waals surface area contributed by atoms with Crippen LogP contribution in [0, 0.1) is 12.7 Å². The molecule has 69 heavy (non-hydrogen) atoms. The highest BCUT2D eigenvalue weighted by molar-refractivity contribution is 6.89. The van der Waals surface area contributed by atoms with Crippen LogP contribution in [-0.4, -0.2) is 12.6 Å². The lowest BCUT2D eigenvalue weighted by atomic mass is 9.88. The highest BCUT2D eigenvalue weighted by Gasteiger charge is 2.67. The Labute approximate surface area is 401 Å². The number of hydrogen-bond donors (Lipinski definition) is 0. The largest absolute Gasteiger partial charge is 0.456 e. The Hall–Kier alpha value is -7.87. The Morgan fingerprint density at radius 1 is 0.623 bits per heavy atom. The number of aryl methyl sites for hydroxylation is 1. The van der Waals surface area contributed by atoms with Gasteiger partial charge in [-0.3, -0.25) is 0 Å². The number of furan rings is 2. The van der Waals surface area contributed by atoms with Gasteiger partial charge < -0.3 is 8.83 Å². The molecule has 12 aromatic rings. The number of para-hydroxylation sites is 3. The summed E-state index contributed by atoms with van der Waals surface area (Å²) in [5.74, 6) is -0.245. The molecule has 1 spiro atoms. The van der Waals surface area contributed by atoms with E-state index < -0.39 is 19.6 Å². The minimum Gasteiger partial charge on any atom is -0.456 e. The van der Waals surface area contributed by atoms with E-state index >= 15 is 4.39 Å². The molecule has 0 bridgehead atoms. The molecule has 0 N–H and O–H groups in total. The van der Waals surface area contributed by atoms with Crippen LogP contribution in [0.4, 0.5) is 4.39 Å². The first kappa shape index (κ1) is 39.2. The molecular weight excluding hydrogens is 866 g/mol. The van der Waals surface area contributed by atoms with E-state index in [0.29, 0.717) is 0 Å². The molecule has 4 aromatic heterocycles. The number of hydrogen-bond acceptors (Lipinski definition) is 2. The molecule has 0 aliphatic carbocycles. The summed E-state index contributed by atoms with van der Waals surface area (Å²) in [6.45, 7) is 13.1. The van der Waals surface area contributed by atoms with Crippen molar-refractivity contribution in [1.29, 1.82) is 0 Å². The van der Waals surface area contributed by atoms with E-state index in [1.54, 1.807) is 12.1 Å². The predicted molar refractivity (Wildman–Crippen MR) is 280 cm³/mol. The van der Waals surface area contributed by atoms with Crippen molar-refractivity contribution in [3.63, 3.8) is 0 Å². The smallest absolute Gasteiger partial charge is 0.365 e. The molecule has 2 aliphatic heterocycles. The summed E-state index contributed by atoms with van der Waals surface area (Å²) < 4.78 is 46.9. The minimum absolute atomic E-state index is 0.306. The van der Waals surface area contributed by atoms with Crippen molar-refractivity contribution in [2.75, 3.05) is 0 Å². The molecule has 0 fully saturated rings. The van der Waals surface area contributed by atoms with Gasteiger partial charge in [0.2, 0.25) is 5.69 Å². The highest BCUT2D eigenvalue weighted by Crippen LogP contribution is 2.53. The second-order valence-electron chi connectivity index (χ2n) is 20.3. The maximum atomic E-state index is 16.4. The quantitative estimate of drug-likeness (QED) is 0.127. The van der Waals surface area contributed by atoms with Gasteiger partial charge in [0.25, 0.3) is 0 Å². The Balaban J connectivity index is 1.12. The van der Waals surface area contributed by atoms with Crippen molar-refractivity contribution in [2.24, 2.45) is 0 Å². The van der Waals surface area contributed by atoms with E-state index in [-0.39, 0.29) is 5.82 Å². The monoisotopic (exact) mass is 914 g/mol.